The summed E-state index contributed by atoms with van der Waals surface area (Å²) in [6.45, 7) is 0. The molecule has 0 saturated carbocycles. The molecule has 0 aromatic heterocycles. The maximum Gasteiger partial charge on any atom is 0.311 e. The molecule has 0 fully saturated rings. The molecule has 110 valence electrons. The van der Waals surface area contributed by atoms with Crippen LogP contribution in [0.25, 0.3) is 0 Å². The van der Waals surface area contributed by atoms with Crippen LogP contribution in [0.1, 0.15) is 17.0 Å². The summed E-state index contributed by atoms with van der Waals surface area (Å²) >= 11 is 5.94. The zero-order valence-electron chi connectivity index (χ0n) is 11.3. The Bertz CT molecular complexity index is 658. The molecule has 0 radical (unpaired) electrons. The molecule has 1 unspecified atom stereocenters. The first-order valence-electron chi connectivity index (χ1n) is 6.32. The van der Waals surface area contributed by atoms with E-state index in [1.54, 1.807) is 24.3 Å². The van der Waals surface area contributed by atoms with Gasteiger partial charge in [0.1, 0.15) is 11.6 Å². The molecule has 2 rings (SSSR count). The first-order chi connectivity index (χ1) is 10.0. The lowest BCUT2D eigenvalue weighted by atomic mass is 9.91. The van der Waals surface area contributed by atoms with E-state index >= 15 is 0 Å². The summed E-state index contributed by atoms with van der Waals surface area (Å²) in [7, 11) is 1.49. The van der Waals surface area contributed by atoms with Crippen LogP contribution in [0.15, 0.2) is 42.5 Å². The van der Waals surface area contributed by atoms with Crippen molar-refractivity contribution in [2.24, 2.45) is 0 Å². The van der Waals surface area contributed by atoms with Crippen LogP contribution in [0.3, 0.4) is 0 Å². The maximum atomic E-state index is 13.8. The van der Waals surface area contributed by atoms with Crippen LogP contribution in [-0.2, 0) is 11.2 Å². The normalized spacial score (nSPS) is 12.0. The van der Waals surface area contributed by atoms with Crippen LogP contribution < -0.4 is 4.74 Å². The highest BCUT2D eigenvalue weighted by atomic mass is 35.5. The number of halogens is 2. The molecule has 0 aliphatic heterocycles. The van der Waals surface area contributed by atoms with Gasteiger partial charge < -0.3 is 9.84 Å². The van der Waals surface area contributed by atoms with Crippen LogP contribution in [0.2, 0.25) is 5.02 Å². The molecule has 0 spiro atoms. The predicted octanol–water partition coefficient (Wildman–Crippen LogP) is 3.90. The minimum Gasteiger partial charge on any atom is -0.496 e. The average Bonchev–Trinajstić information content (AvgIpc) is 2.45. The smallest absolute Gasteiger partial charge is 0.311 e. The Morgan fingerprint density at radius 3 is 2.67 bits per heavy atom. The third-order valence-corrected chi connectivity index (χ3v) is 3.48. The summed E-state index contributed by atoms with van der Waals surface area (Å²) in [5, 5.41) is 9.88. The number of hydrogen-bond acceptors (Lipinski definition) is 2. The predicted molar refractivity (Wildman–Crippen MR) is 78.5 cm³/mol. The summed E-state index contributed by atoms with van der Waals surface area (Å²) in [5.74, 6) is -2.10. The van der Waals surface area contributed by atoms with Crippen molar-refractivity contribution in [3.63, 3.8) is 0 Å². The standard InChI is InChI=1S/C16H14ClFO3/c1-21-15-7-6-11(17)8-10(15)9-13(16(19)20)12-4-2-3-5-14(12)18/h2-8,13H,9H2,1H3,(H,19,20). The van der Waals surface area contributed by atoms with Crippen molar-refractivity contribution in [1.82, 2.24) is 0 Å². The van der Waals surface area contributed by atoms with Crippen molar-refractivity contribution in [3.05, 3.63) is 64.4 Å². The molecule has 21 heavy (non-hydrogen) atoms. The fourth-order valence-corrected chi connectivity index (χ4v) is 2.41. The van der Waals surface area contributed by atoms with Gasteiger partial charge in [0, 0.05) is 10.6 Å². The Morgan fingerprint density at radius 2 is 2.05 bits per heavy atom. The van der Waals surface area contributed by atoms with Crippen molar-refractivity contribution < 1.29 is 19.0 Å². The minimum absolute atomic E-state index is 0.0972. The Labute approximate surface area is 126 Å². The molecule has 0 saturated heterocycles. The lowest BCUT2D eigenvalue weighted by molar-refractivity contribution is -0.138. The molecule has 2 aromatic rings. The summed E-state index contributed by atoms with van der Waals surface area (Å²) in [6, 6.07) is 10.8. The van der Waals surface area contributed by atoms with E-state index in [0.29, 0.717) is 16.3 Å². The highest BCUT2D eigenvalue weighted by molar-refractivity contribution is 6.30. The second-order valence-electron chi connectivity index (χ2n) is 4.57. The summed E-state index contributed by atoms with van der Waals surface area (Å²) in [6.07, 6.45) is 0.0972. The number of aliphatic carboxylic acids is 1. The average molecular weight is 309 g/mol. The first kappa shape index (κ1) is 15.3. The molecule has 5 heteroatoms. The number of carbonyl (C=O) groups is 1. The fraction of sp³-hybridized carbons (Fsp3) is 0.188. The van der Waals surface area contributed by atoms with E-state index < -0.39 is 17.7 Å². The Kier molecular flexibility index (Phi) is 4.81. The van der Waals surface area contributed by atoms with Crippen molar-refractivity contribution in [3.8, 4) is 5.75 Å². The molecule has 0 aliphatic carbocycles. The fourth-order valence-electron chi connectivity index (χ4n) is 2.21. The minimum atomic E-state index is -1.10. The number of methoxy groups -OCH3 is 1. The van der Waals surface area contributed by atoms with E-state index in [0.717, 1.165) is 0 Å². The zero-order valence-corrected chi connectivity index (χ0v) is 12.1. The van der Waals surface area contributed by atoms with Crippen molar-refractivity contribution in [1.29, 1.82) is 0 Å². The van der Waals surface area contributed by atoms with E-state index in [4.69, 9.17) is 16.3 Å². The largest absolute Gasteiger partial charge is 0.496 e. The van der Waals surface area contributed by atoms with Crippen LogP contribution in [0.5, 0.6) is 5.75 Å². The molecular weight excluding hydrogens is 295 g/mol. The monoisotopic (exact) mass is 308 g/mol. The number of ether oxygens (including phenoxy) is 1. The molecular formula is C16H14ClFO3. The van der Waals surface area contributed by atoms with Crippen LogP contribution >= 0.6 is 11.6 Å². The van der Waals surface area contributed by atoms with Gasteiger partial charge in [0.05, 0.1) is 13.0 Å². The Balaban J connectivity index is 2.40. The van der Waals surface area contributed by atoms with Gasteiger partial charge in [-0.15, -0.1) is 0 Å². The number of carboxylic acid groups (broad SMARTS) is 1. The van der Waals surface area contributed by atoms with Crippen LogP contribution in [0, 0.1) is 5.82 Å². The lowest BCUT2D eigenvalue weighted by Crippen LogP contribution is -2.16. The van der Waals surface area contributed by atoms with E-state index in [1.807, 2.05) is 0 Å². The first-order valence-corrected chi connectivity index (χ1v) is 6.70. The highest BCUT2D eigenvalue weighted by Gasteiger charge is 2.24. The van der Waals surface area contributed by atoms with Gasteiger partial charge in [-0.25, -0.2) is 4.39 Å². The van der Waals surface area contributed by atoms with Crippen molar-refractivity contribution in [2.45, 2.75) is 12.3 Å². The SMILES string of the molecule is COc1ccc(Cl)cc1CC(C(=O)O)c1ccccc1F. The highest BCUT2D eigenvalue weighted by Crippen LogP contribution is 2.30. The van der Waals surface area contributed by atoms with Gasteiger partial charge in [-0.2, -0.15) is 0 Å². The number of hydrogen-bond donors (Lipinski definition) is 1. The van der Waals surface area contributed by atoms with E-state index in [9.17, 15) is 14.3 Å². The van der Waals surface area contributed by atoms with Crippen molar-refractivity contribution in [2.75, 3.05) is 7.11 Å². The summed E-state index contributed by atoms with van der Waals surface area (Å²) in [5.41, 5.74) is 0.771. The topological polar surface area (TPSA) is 46.5 Å². The van der Waals surface area contributed by atoms with E-state index in [-0.39, 0.29) is 12.0 Å². The van der Waals surface area contributed by atoms with Gasteiger partial charge in [0.25, 0.3) is 0 Å². The van der Waals surface area contributed by atoms with Crippen molar-refractivity contribution >= 4 is 17.6 Å². The maximum absolute atomic E-state index is 13.8. The molecule has 0 amide bonds. The molecule has 1 atom stereocenters. The van der Waals surface area contributed by atoms with Gasteiger partial charge in [-0.3, -0.25) is 4.79 Å². The number of rotatable bonds is 5. The third-order valence-electron chi connectivity index (χ3n) is 3.25. The molecule has 3 nitrogen and oxygen atoms in total. The molecule has 0 bridgehead atoms. The van der Waals surface area contributed by atoms with Gasteiger partial charge in [0.2, 0.25) is 0 Å². The van der Waals surface area contributed by atoms with E-state index in [1.165, 1.54) is 25.3 Å². The second kappa shape index (κ2) is 6.59. The Hall–Kier alpha value is -2.07. The van der Waals surface area contributed by atoms with Gasteiger partial charge in [0.15, 0.2) is 0 Å². The van der Waals surface area contributed by atoms with Gasteiger partial charge >= 0.3 is 5.97 Å². The van der Waals surface area contributed by atoms with Crippen LogP contribution in [-0.4, -0.2) is 18.2 Å². The summed E-state index contributed by atoms with van der Waals surface area (Å²) < 4.78 is 19.0. The van der Waals surface area contributed by atoms with Gasteiger partial charge in [-0.1, -0.05) is 29.8 Å². The third kappa shape index (κ3) is 3.52. The zero-order chi connectivity index (χ0) is 15.4. The quantitative estimate of drug-likeness (QED) is 0.911. The van der Waals surface area contributed by atoms with E-state index in [2.05, 4.69) is 0 Å². The molecule has 2 aromatic carbocycles. The summed E-state index contributed by atoms with van der Waals surface area (Å²) in [4.78, 5) is 11.5. The molecule has 0 heterocycles. The Morgan fingerprint density at radius 1 is 1.33 bits per heavy atom. The number of carboxylic acids is 1. The molecule has 0 aliphatic rings. The second-order valence-corrected chi connectivity index (χ2v) is 5.01. The van der Waals surface area contributed by atoms with Crippen LogP contribution in [0.4, 0.5) is 4.39 Å². The lowest BCUT2D eigenvalue weighted by Gasteiger charge is -2.16. The van der Waals surface area contributed by atoms with Gasteiger partial charge in [-0.05, 0) is 36.2 Å². The number of benzene rings is 2. The molecule has 1 N–H and O–H groups in total.